The molecular formula is C45H26N4. The molecule has 0 atom stereocenters. The van der Waals surface area contributed by atoms with Crippen LogP contribution in [0.5, 0.6) is 0 Å². The molecule has 10 rings (SSSR count). The maximum Gasteiger partial charge on any atom is 0.188 e. The summed E-state index contributed by atoms with van der Waals surface area (Å²) in [5.41, 5.74) is 10.2. The monoisotopic (exact) mass is 622 g/mol. The fraction of sp³-hybridized carbons (Fsp3) is 0. The van der Waals surface area contributed by atoms with Gasteiger partial charge in [0, 0.05) is 44.4 Å². The minimum atomic E-state index is 0.640. The van der Waals surface area contributed by atoms with Gasteiger partial charge in [0.1, 0.15) is 0 Å². The van der Waals surface area contributed by atoms with Crippen molar-refractivity contribution in [2.75, 3.05) is 0 Å². The van der Waals surface area contributed by atoms with E-state index in [0.717, 1.165) is 77.1 Å². The molecule has 3 aromatic heterocycles. The standard InChI is InChI=1S/C45H26N4/c1-46-32-20-24-42-38(27-32)37-26-31(19-23-41(37)49(42)33-8-3-2-4-9-33)28-13-15-30(16-14-28)45-36-21-17-29-18-22-39-34(11-7-25-47-39)43(29)44(36)35-10-5-6-12-40(35)48-45/h2-27H. The van der Waals surface area contributed by atoms with Crippen molar-refractivity contribution in [3.63, 3.8) is 0 Å². The lowest BCUT2D eigenvalue weighted by atomic mass is 9.92. The summed E-state index contributed by atoms with van der Waals surface area (Å²) in [6, 6.07) is 53.1. The molecule has 0 N–H and O–H groups in total. The largest absolute Gasteiger partial charge is 0.309 e. The van der Waals surface area contributed by atoms with Crippen LogP contribution in [0.15, 0.2) is 158 Å². The van der Waals surface area contributed by atoms with Crippen LogP contribution in [0.4, 0.5) is 5.69 Å². The highest BCUT2D eigenvalue weighted by molar-refractivity contribution is 6.28. The van der Waals surface area contributed by atoms with Gasteiger partial charge in [-0.1, -0.05) is 97.1 Å². The number of pyridine rings is 2. The second kappa shape index (κ2) is 10.6. The Morgan fingerprint density at radius 2 is 1.18 bits per heavy atom. The average Bonchev–Trinajstić information content (AvgIpc) is 3.50. The van der Waals surface area contributed by atoms with E-state index >= 15 is 0 Å². The lowest BCUT2D eigenvalue weighted by Gasteiger charge is -2.14. The van der Waals surface area contributed by atoms with Gasteiger partial charge in [-0.15, -0.1) is 0 Å². The van der Waals surface area contributed by atoms with Crippen molar-refractivity contribution in [1.29, 1.82) is 0 Å². The van der Waals surface area contributed by atoms with Gasteiger partial charge in [0.15, 0.2) is 5.69 Å². The lowest BCUT2D eigenvalue weighted by molar-refractivity contribution is 1.18. The Kier molecular flexibility index (Phi) is 5.90. The van der Waals surface area contributed by atoms with Gasteiger partial charge in [0.2, 0.25) is 0 Å². The Hall–Kier alpha value is -6.83. The number of benzene rings is 7. The summed E-state index contributed by atoms with van der Waals surface area (Å²) in [6.45, 7) is 7.65. The topological polar surface area (TPSA) is 35.1 Å². The van der Waals surface area contributed by atoms with Crippen LogP contribution in [0.1, 0.15) is 0 Å². The first-order valence-electron chi connectivity index (χ1n) is 16.4. The molecule has 4 nitrogen and oxygen atoms in total. The van der Waals surface area contributed by atoms with Crippen LogP contribution in [0.25, 0.3) is 98.1 Å². The SMILES string of the molecule is [C-]#[N+]c1ccc2c(c1)c1cc(-c3ccc(-c4nc5ccccc5c5c4ccc4ccc6ncccc6c45)cc3)ccc1n2-c1ccccc1. The Balaban J connectivity index is 1.15. The molecule has 0 aliphatic heterocycles. The number of fused-ring (bicyclic) bond motifs is 10. The summed E-state index contributed by atoms with van der Waals surface area (Å²) < 4.78 is 2.28. The number of aromatic nitrogens is 3. The zero-order chi connectivity index (χ0) is 32.5. The first-order valence-corrected chi connectivity index (χ1v) is 16.4. The Morgan fingerprint density at radius 1 is 0.490 bits per heavy atom. The van der Waals surface area contributed by atoms with E-state index in [1.54, 1.807) is 0 Å². The van der Waals surface area contributed by atoms with E-state index < -0.39 is 0 Å². The van der Waals surface area contributed by atoms with Crippen molar-refractivity contribution in [3.8, 4) is 28.1 Å². The van der Waals surface area contributed by atoms with Gasteiger partial charge < -0.3 is 4.57 Å². The van der Waals surface area contributed by atoms with Crippen LogP contribution < -0.4 is 0 Å². The highest BCUT2D eigenvalue weighted by Gasteiger charge is 2.17. The van der Waals surface area contributed by atoms with Crippen LogP contribution in [-0.4, -0.2) is 14.5 Å². The van der Waals surface area contributed by atoms with E-state index in [9.17, 15) is 0 Å². The first kappa shape index (κ1) is 27.3. The second-order valence-electron chi connectivity index (χ2n) is 12.5. The first-order chi connectivity index (χ1) is 24.2. The zero-order valence-corrected chi connectivity index (χ0v) is 26.3. The molecule has 0 bridgehead atoms. The van der Waals surface area contributed by atoms with Gasteiger partial charge in [-0.3, -0.25) is 4.98 Å². The summed E-state index contributed by atoms with van der Waals surface area (Å²) in [4.78, 5) is 13.6. The van der Waals surface area contributed by atoms with Crippen molar-refractivity contribution in [2.45, 2.75) is 0 Å². The molecular weight excluding hydrogens is 597 g/mol. The van der Waals surface area contributed by atoms with E-state index in [1.165, 1.54) is 16.2 Å². The van der Waals surface area contributed by atoms with Crippen molar-refractivity contribution >= 4 is 70.8 Å². The second-order valence-corrected chi connectivity index (χ2v) is 12.5. The molecule has 49 heavy (non-hydrogen) atoms. The van der Waals surface area contributed by atoms with Crippen molar-refractivity contribution in [1.82, 2.24) is 14.5 Å². The van der Waals surface area contributed by atoms with Crippen molar-refractivity contribution in [3.05, 3.63) is 169 Å². The maximum atomic E-state index is 7.65. The number of nitrogens with zero attached hydrogens (tertiary/aromatic N) is 4. The van der Waals surface area contributed by atoms with Crippen LogP contribution >= 0.6 is 0 Å². The molecule has 0 saturated carbocycles. The zero-order valence-electron chi connectivity index (χ0n) is 26.3. The molecule has 0 aliphatic carbocycles. The highest BCUT2D eigenvalue weighted by Crippen LogP contribution is 2.41. The number of para-hydroxylation sites is 2. The summed E-state index contributed by atoms with van der Waals surface area (Å²) in [5.74, 6) is 0. The molecule has 0 saturated heterocycles. The van der Waals surface area contributed by atoms with Crippen molar-refractivity contribution in [2.24, 2.45) is 0 Å². The molecule has 0 aliphatic rings. The fourth-order valence-electron chi connectivity index (χ4n) is 7.57. The molecule has 0 fully saturated rings. The number of rotatable bonds is 3. The molecule has 4 heteroatoms. The summed E-state index contributed by atoms with van der Waals surface area (Å²) in [7, 11) is 0. The van der Waals surface area contributed by atoms with E-state index in [4.69, 9.17) is 11.6 Å². The van der Waals surface area contributed by atoms with Crippen LogP contribution in [0.2, 0.25) is 0 Å². The Morgan fingerprint density at radius 3 is 2.04 bits per heavy atom. The van der Waals surface area contributed by atoms with Crippen molar-refractivity contribution < 1.29 is 0 Å². The quantitative estimate of drug-likeness (QED) is 0.145. The van der Waals surface area contributed by atoms with Crippen LogP contribution in [0, 0.1) is 6.57 Å². The maximum absolute atomic E-state index is 7.65. The van der Waals surface area contributed by atoms with Gasteiger partial charge in [0.05, 0.1) is 34.3 Å². The molecule has 226 valence electrons. The lowest BCUT2D eigenvalue weighted by Crippen LogP contribution is -1.93. The van der Waals surface area contributed by atoms with Gasteiger partial charge in [-0.25, -0.2) is 9.83 Å². The summed E-state index contributed by atoms with van der Waals surface area (Å²) in [5, 5.41) is 9.23. The number of hydrogen-bond acceptors (Lipinski definition) is 2. The number of hydrogen-bond donors (Lipinski definition) is 0. The van der Waals surface area contributed by atoms with E-state index in [2.05, 4.69) is 142 Å². The molecule has 3 heterocycles. The predicted molar refractivity (Wildman–Crippen MR) is 204 cm³/mol. The third-order valence-electron chi connectivity index (χ3n) is 9.81. The van der Waals surface area contributed by atoms with Gasteiger partial charge >= 0.3 is 0 Å². The van der Waals surface area contributed by atoms with Crippen LogP contribution in [0.3, 0.4) is 0 Å². The van der Waals surface area contributed by atoms with Gasteiger partial charge in [0.25, 0.3) is 0 Å². The normalized spacial score (nSPS) is 11.7. The molecule has 0 radical (unpaired) electrons. The van der Waals surface area contributed by atoms with Gasteiger partial charge in [-0.2, -0.15) is 0 Å². The summed E-state index contributed by atoms with van der Waals surface area (Å²) >= 11 is 0. The Bertz CT molecular complexity index is 2990. The smallest absolute Gasteiger partial charge is 0.188 e. The summed E-state index contributed by atoms with van der Waals surface area (Å²) in [6.07, 6.45) is 1.86. The molecule has 0 spiro atoms. The predicted octanol–water partition coefficient (Wildman–Crippen LogP) is 12.1. The van der Waals surface area contributed by atoms with E-state index in [-0.39, 0.29) is 0 Å². The van der Waals surface area contributed by atoms with E-state index in [0.29, 0.717) is 5.69 Å². The molecule has 10 aromatic rings. The Labute approximate surface area is 282 Å². The van der Waals surface area contributed by atoms with Gasteiger partial charge in [-0.05, 0) is 81.9 Å². The molecule has 0 amide bonds. The van der Waals surface area contributed by atoms with E-state index in [1.807, 2.05) is 30.5 Å². The molecule has 7 aromatic carbocycles. The average molecular weight is 623 g/mol. The third kappa shape index (κ3) is 4.16. The minimum absolute atomic E-state index is 0.640. The fourth-order valence-corrected chi connectivity index (χ4v) is 7.57. The minimum Gasteiger partial charge on any atom is -0.309 e. The highest BCUT2D eigenvalue weighted by atomic mass is 15.0. The molecule has 0 unspecified atom stereocenters. The van der Waals surface area contributed by atoms with Crippen LogP contribution in [-0.2, 0) is 0 Å². The third-order valence-corrected chi connectivity index (χ3v) is 9.81.